The molecule has 2 N–H and O–H groups in total. The number of nitrogens with one attached hydrogen (secondary N) is 1. The van der Waals surface area contributed by atoms with E-state index in [2.05, 4.69) is 19.2 Å². The zero-order valence-electron chi connectivity index (χ0n) is 7.92. The van der Waals surface area contributed by atoms with Crippen LogP contribution in [0.1, 0.15) is 20.3 Å². The van der Waals surface area contributed by atoms with Gasteiger partial charge in [0.05, 0.1) is 6.61 Å². The van der Waals surface area contributed by atoms with Gasteiger partial charge in [-0.25, -0.2) is 0 Å². The van der Waals surface area contributed by atoms with Crippen molar-refractivity contribution in [1.29, 1.82) is 0 Å². The molecule has 2 nitrogen and oxygen atoms in total. The van der Waals surface area contributed by atoms with E-state index in [0.29, 0.717) is 12.0 Å². The van der Waals surface area contributed by atoms with Crippen LogP contribution in [0, 0.1) is 5.92 Å². The van der Waals surface area contributed by atoms with Crippen LogP contribution in [-0.2, 0) is 0 Å². The topological polar surface area (TPSA) is 32.3 Å². The summed E-state index contributed by atoms with van der Waals surface area (Å²) in [6, 6.07) is 0.920. The normalized spacial score (nSPS) is 26.5. The molecule has 1 heterocycles. The van der Waals surface area contributed by atoms with Crippen molar-refractivity contribution < 1.29 is 5.11 Å². The Morgan fingerprint density at radius 1 is 1.58 bits per heavy atom. The van der Waals surface area contributed by atoms with Gasteiger partial charge in [-0.2, -0.15) is 11.8 Å². The smallest absolute Gasteiger partial charge is 0.0587 e. The van der Waals surface area contributed by atoms with E-state index < -0.39 is 0 Å². The molecule has 1 aliphatic rings. The fourth-order valence-electron chi connectivity index (χ4n) is 1.42. The van der Waals surface area contributed by atoms with Crippen molar-refractivity contribution in [1.82, 2.24) is 5.32 Å². The molecule has 2 atom stereocenters. The summed E-state index contributed by atoms with van der Waals surface area (Å²) < 4.78 is 0. The van der Waals surface area contributed by atoms with Crippen molar-refractivity contribution in [2.24, 2.45) is 5.92 Å². The van der Waals surface area contributed by atoms with Crippen molar-refractivity contribution in [3.63, 3.8) is 0 Å². The zero-order valence-corrected chi connectivity index (χ0v) is 8.73. The number of thioether (sulfide) groups is 1. The molecule has 0 amide bonds. The van der Waals surface area contributed by atoms with Crippen molar-refractivity contribution in [2.75, 3.05) is 18.1 Å². The van der Waals surface area contributed by atoms with Crippen LogP contribution in [0.25, 0.3) is 0 Å². The Hall–Kier alpha value is 0.270. The lowest BCUT2D eigenvalue weighted by Crippen LogP contribution is -2.43. The monoisotopic (exact) mass is 189 g/mol. The van der Waals surface area contributed by atoms with Gasteiger partial charge in [0.25, 0.3) is 0 Å². The summed E-state index contributed by atoms with van der Waals surface area (Å²) in [6.45, 7) is 4.56. The van der Waals surface area contributed by atoms with Crippen molar-refractivity contribution >= 4 is 11.8 Å². The first-order valence-corrected chi connectivity index (χ1v) is 5.84. The summed E-state index contributed by atoms with van der Waals surface area (Å²) in [5.41, 5.74) is 0. The van der Waals surface area contributed by atoms with Gasteiger partial charge < -0.3 is 10.4 Å². The fraction of sp³-hybridized carbons (Fsp3) is 1.00. The first-order chi connectivity index (χ1) is 5.74. The molecule has 3 heteroatoms. The summed E-state index contributed by atoms with van der Waals surface area (Å²) >= 11 is 2.00. The second-order valence-corrected chi connectivity index (χ2v) is 4.91. The van der Waals surface area contributed by atoms with Gasteiger partial charge >= 0.3 is 0 Å². The first kappa shape index (κ1) is 10.4. The molecule has 0 spiro atoms. The molecule has 0 aromatic heterocycles. The lowest BCUT2D eigenvalue weighted by molar-refractivity contribution is 0.202. The number of aliphatic hydroxyl groups excluding tert-OH is 1. The lowest BCUT2D eigenvalue weighted by Gasteiger charge is -2.23. The van der Waals surface area contributed by atoms with Gasteiger partial charge in [-0.15, -0.1) is 0 Å². The Labute approximate surface area is 79.1 Å². The Kier molecular flexibility index (Phi) is 4.40. The molecule has 1 saturated heterocycles. The van der Waals surface area contributed by atoms with Crippen LogP contribution in [-0.4, -0.2) is 35.3 Å². The van der Waals surface area contributed by atoms with E-state index >= 15 is 0 Å². The third-order valence-corrected chi connectivity index (χ3v) is 3.54. The number of aliphatic hydroxyl groups is 1. The molecule has 12 heavy (non-hydrogen) atoms. The maximum atomic E-state index is 9.09. The second-order valence-electron chi connectivity index (χ2n) is 3.76. The van der Waals surface area contributed by atoms with Crippen molar-refractivity contribution in [3.8, 4) is 0 Å². The quantitative estimate of drug-likeness (QED) is 0.694. The first-order valence-electron chi connectivity index (χ1n) is 4.68. The zero-order chi connectivity index (χ0) is 8.97. The minimum Gasteiger partial charge on any atom is -0.395 e. The highest BCUT2D eigenvalue weighted by Crippen LogP contribution is 2.18. The summed E-state index contributed by atoms with van der Waals surface area (Å²) in [7, 11) is 0. The third-order valence-electron chi connectivity index (χ3n) is 2.38. The second kappa shape index (κ2) is 5.10. The average Bonchev–Trinajstić information content (AvgIpc) is 2.51. The van der Waals surface area contributed by atoms with E-state index in [-0.39, 0.29) is 12.6 Å². The summed E-state index contributed by atoms with van der Waals surface area (Å²) in [6.07, 6.45) is 1.26. The van der Waals surface area contributed by atoms with Crippen molar-refractivity contribution in [3.05, 3.63) is 0 Å². The maximum Gasteiger partial charge on any atom is 0.0587 e. The molecule has 0 bridgehead atoms. The highest BCUT2D eigenvalue weighted by atomic mass is 32.2. The van der Waals surface area contributed by atoms with Gasteiger partial charge in [0.2, 0.25) is 0 Å². The highest BCUT2D eigenvalue weighted by Gasteiger charge is 2.20. The van der Waals surface area contributed by atoms with Crippen LogP contribution < -0.4 is 5.32 Å². The largest absolute Gasteiger partial charge is 0.395 e. The van der Waals surface area contributed by atoms with Gasteiger partial charge in [-0.1, -0.05) is 13.8 Å². The molecule has 0 saturated carbocycles. The SMILES string of the molecule is CC(C)C(CO)NC1CCSC1. The van der Waals surface area contributed by atoms with Crippen molar-refractivity contribution in [2.45, 2.75) is 32.4 Å². The molecule has 0 aliphatic carbocycles. The Morgan fingerprint density at radius 3 is 2.75 bits per heavy atom. The average molecular weight is 189 g/mol. The van der Waals surface area contributed by atoms with E-state index in [0.717, 1.165) is 0 Å². The lowest BCUT2D eigenvalue weighted by atomic mass is 10.0. The molecule has 1 fully saturated rings. The highest BCUT2D eigenvalue weighted by molar-refractivity contribution is 7.99. The maximum absolute atomic E-state index is 9.09. The van der Waals surface area contributed by atoms with Crippen LogP contribution in [0.15, 0.2) is 0 Å². The molecular formula is C9H19NOS. The Balaban J connectivity index is 2.26. The van der Waals surface area contributed by atoms with E-state index in [1.165, 1.54) is 17.9 Å². The predicted octanol–water partition coefficient (Wildman–Crippen LogP) is 1.10. The molecule has 1 aliphatic heterocycles. The van der Waals surface area contributed by atoms with Crippen LogP contribution in [0.4, 0.5) is 0 Å². The van der Waals surface area contributed by atoms with E-state index in [1.807, 2.05) is 11.8 Å². The number of rotatable bonds is 4. The van der Waals surface area contributed by atoms with Crippen LogP contribution in [0.3, 0.4) is 0 Å². The third kappa shape index (κ3) is 2.96. The van der Waals surface area contributed by atoms with Crippen LogP contribution >= 0.6 is 11.8 Å². The molecule has 2 unspecified atom stereocenters. The van der Waals surface area contributed by atoms with E-state index in [1.54, 1.807) is 0 Å². The van der Waals surface area contributed by atoms with E-state index in [4.69, 9.17) is 5.11 Å². The van der Waals surface area contributed by atoms with Gasteiger partial charge in [-0.3, -0.25) is 0 Å². The standard InChI is InChI=1S/C9H19NOS/c1-7(2)9(5-11)10-8-3-4-12-6-8/h7-11H,3-6H2,1-2H3. The minimum atomic E-state index is 0.263. The molecule has 72 valence electrons. The summed E-state index contributed by atoms with van der Waals surface area (Å²) in [5, 5.41) is 12.6. The molecule has 1 rings (SSSR count). The minimum absolute atomic E-state index is 0.263. The van der Waals surface area contributed by atoms with Gasteiger partial charge in [0.15, 0.2) is 0 Å². The Bertz CT molecular complexity index is 124. The van der Waals surface area contributed by atoms with Crippen LogP contribution in [0.5, 0.6) is 0 Å². The fourth-order valence-corrected chi connectivity index (χ4v) is 2.59. The van der Waals surface area contributed by atoms with Gasteiger partial charge in [0.1, 0.15) is 0 Å². The summed E-state index contributed by atoms with van der Waals surface area (Å²) in [4.78, 5) is 0. The predicted molar refractivity (Wildman–Crippen MR) is 54.6 cm³/mol. The van der Waals surface area contributed by atoms with E-state index in [9.17, 15) is 0 Å². The van der Waals surface area contributed by atoms with Gasteiger partial charge in [-0.05, 0) is 18.1 Å². The summed E-state index contributed by atoms with van der Waals surface area (Å²) in [5.74, 6) is 3.01. The van der Waals surface area contributed by atoms with Crippen LogP contribution in [0.2, 0.25) is 0 Å². The number of hydrogen-bond acceptors (Lipinski definition) is 3. The molecule has 0 aromatic carbocycles. The number of hydrogen-bond donors (Lipinski definition) is 2. The molecule has 0 radical (unpaired) electrons. The molecular weight excluding hydrogens is 170 g/mol. The molecule has 0 aromatic rings. The van der Waals surface area contributed by atoms with Gasteiger partial charge in [0, 0.05) is 17.8 Å². The Morgan fingerprint density at radius 2 is 2.33 bits per heavy atom.